The number of ether oxygens (including phenoxy) is 2. The summed E-state index contributed by atoms with van der Waals surface area (Å²) in [6.45, 7) is 4.27. The monoisotopic (exact) mass is 395 g/mol. The summed E-state index contributed by atoms with van der Waals surface area (Å²) < 4.78 is 11.1. The fourth-order valence-corrected chi connectivity index (χ4v) is 3.94. The number of thiocarbonyl (C=S) groups is 1. The van der Waals surface area contributed by atoms with E-state index in [9.17, 15) is 14.7 Å². The number of carboxylic acid groups (broad SMARTS) is 1. The first-order valence-electron chi connectivity index (χ1n) is 8.23. The zero-order valence-corrected chi connectivity index (χ0v) is 16.5. The van der Waals surface area contributed by atoms with Crippen molar-refractivity contribution in [3.8, 4) is 11.5 Å². The minimum Gasteiger partial charge on any atom is -0.493 e. The molecule has 26 heavy (non-hydrogen) atoms. The van der Waals surface area contributed by atoms with Gasteiger partial charge in [-0.05, 0) is 37.1 Å². The first-order chi connectivity index (χ1) is 12.4. The van der Waals surface area contributed by atoms with Gasteiger partial charge >= 0.3 is 5.97 Å². The summed E-state index contributed by atoms with van der Waals surface area (Å²) in [6, 6.07) is 4.40. The molecule has 1 amide bonds. The van der Waals surface area contributed by atoms with Crippen LogP contribution in [0.1, 0.15) is 32.3 Å². The van der Waals surface area contributed by atoms with Crippen LogP contribution in [0.25, 0.3) is 6.08 Å². The highest BCUT2D eigenvalue weighted by molar-refractivity contribution is 8.26. The SMILES string of the molecule is CCCC(C(=O)O)N1C(=O)C(=Cc2ccc(OCC)c(OC)c2)SC1=S. The summed E-state index contributed by atoms with van der Waals surface area (Å²) in [5, 5.41) is 9.41. The second-order valence-corrected chi connectivity index (χ2v) is 7.21. The molecule has 1 unspecified atom stereocenters. The maximum atomic E-state index is 12.7. The minimum atomic E-state index is -1.05. The summed E-state index contributed by atoms with van der Waals surface area (Å²) in [7, 11) is 1.54. The number of carboxylic acids is 1. The molecule has 140 valence electrons. The molecule has 1 N–H and O–H groups in total. The minimum absolute atomic E-state index is 0.264. The third kappa shape index (κ3) is 4.37. The van der Waals surface area contributed by atoms with Crippen LogP contribution in [-0.2, 0) is 9.59 Å². The lowest BCUT2D eigenvalue weighted by molar-refractivity contribution is -0.145. The van der Waals surface area contributed by atoms with Gasteiger partial charge in [0, 0.05) is 0 Å². The molecule has 0 bridgehead atoms. The standard InChI is InChI=1S/C18H21NO5S2/c1-4-6-12(17(21)22)19-16(20)15(26-18(19)25)10-11-7-8-13(24-5-2)14(9-11)23-3/h7-10,12H,4-6H2,1-3H3,(H,21,22). The Labute approximate surface area is 162 Å². The summed E-state index contributed by atoms with van der Waals surface area (Å²) in [5.74, 6) is -0.250. The van der Waals surface area contributed by atoms with Gasteiger partial charge in [-0.1, -0.05) is 43.4 Å². The van der Waals surface area contributed by atoms with Crippen molar-refractivity contribution in [3.63, 3.8) is 0 Å². The Kier molecular flexibility index (Phi) is 7.05. The van der Waals surface area contributed by atoms with Crippen LogP contribution < -0.4 is 9.47 Å². The third-order valence-corrected chi connectivity index (χ3v) is 5.10. The number of benzene rings is 1. The molecule has 0 aromatic heterocycles. The molecule has 1 aliphatic rings. The fraction of sp³-hybridized carbons (Fsp3) is 0.389. The Morgan fingerprint density at radius 1 is 1.38 bits per heavy atom. The lowest BCUT2D eigenvalue weighted by Gasteiger charge is -2.22. The number of aliphatic carboxylic acids is 1. The van der Waals surface area contributed by atoms with Crippen molar-refractivity contribution in [1.29, 1.82) is 0 Å². The van der Waals surface area contributed by atoms with E-state index in [1.54, 1.807) is 31.4 Å². The first kappa shape index (κ1) is 20.3. The quantitative estimate of drug-likeness (QED) is 0.533. The van der Waals surface area contributed by atoms with Gasteiger partial charge in [-0.25, -0.2) is 4.79 Å². The molecular formula is C18H21NO5S2. The first-order valence-corrected chi connectivity index (χ1v) is 9.46. The Morgan fingerprint density at radius 2 is 2.12 bits per heavy atom. The molecule has 8 heteroatoms. The molecule has 1 aromatic rings. The van der Waals surface area contributed by atoms with Crippen molar-refractivity contribution in [2.75, 3.05) is 13.7 Å². The third-order valence-electron chi connectivity index (χ3n) is 3.77. The highest BCUT2D eigenvalue weighted by Crippen LogP contribution is 2.36. The van der Waals surface area contributed by atoms with Crippen LogP contribution in [0.5, 0.6) is 11.5 Å². The van der Waals surface area contributed by atoms with Gasteiger partial charge in [-0.15, -0.1) is 0 Å². The Morgan fingerprint density at radius 3 is 2.69 bits per heavy atom. The highest BCUT2D eigenvalue weighted by Gasteiger charge is 2.39. The second-order valence-electron chi connectivity index (χ2n) is 5.54. The lowest BCUT2D eigenvalue weighted by atomic mass is 10.1. The lowest BCUT2D eigenvalue weighted by Crippen LogP contribution is -2.43. The number of rotatable bonds is 8. The number of methoxy groups -OCH3 is 1. The predicted octanol–water partition coefficient (Wildman–Crippen LogP) is 3.55. The van der Waals surface area contributed by atoms with Crippen molar-refractivity contribution in [1.82, 2.24) is 4.90 Å². The number of hydrogen-bond donors (Lipinski definition) is 1. The number of nitrogens with zero attached hydrogens (tertiary/aromatic N) is 1. The van der Waals surface area contributed by atoms with Crippen LogP contribution in [0, 0.1) is 0 Å². The summed E-state index contributed by atoms with van der Waals surface area (Å²) in [6.07, 6.45) is 2.68. The van der Waals surface area contributed by atoms with E-state index in [1.165, 1.54) is 4.90 Å². The van der Waals surface area contributed by atoms with Crippen LogP contribution in [-0.4, -0.2) is 46.0 Å². The smallest absolute Gasteiger partial charge is 0.326 e. The average molecular weight is 396 g/mol. The topological polar surface area (TPSA) is 76.1 Å². The van der Waals surface area contributed by atoms with E-state index < -0.39 is 12.0 Å². The number of thioether (sulfide) groups is 1. The van der Waals surface area contributed by atoms with Gasteiger partial charge in [0.05, 0.1) is 18.6 Å². The summed E-state index contributed by atoms with van der Waals surface area (Å²) in [4.78, 5) is 25.8. The number of carbonyl (C=O) groups excluding carboxylic acids is 1. The van der Waals surface area contributed by atoms with E-state index in [2.05, 4.69) is 0 Å². The molecule has 0 aliphatic carbocycles. The van der Waals surface area contributed by atoms with E-state index in [-0.39, 0.29) is 10.2 Å². The Balaban J connectivity index is 2.31. The van der Waals surface area contributed by atoms with Crippen LogP contribution in [0.2, 0.25) is 0 Å². The maximum Gasteiger partial charge on any atom is 0.326 e. The number of hydrogen-bond acceptors (Lipinski definition) is 6. The van der Waals surface area contributed by atoms with E-state index in [0.29, 0.717) is 35.9 Å². The van der Waals surface area contributed by atoms with Crippen molar-refractivity contribution in [2.24, 2.45) is 0 Å². The largest absolute Gasteiger partial charge is 0.493 e. The molecule has 0 radical (unpaired) electrons. The van der Waals surface area contributed by atoms with Gasteiger partial charge in [-0.2, -0.15) is 0 Å². The van der Waals surface area contributed by atoms with Crippen LogP contribution >= 0.6 is 24.0 Å². The van der Waals surface area contributed by atoms with Gasteiger partial charge < -0.3 is 14.6 Å². The molecule has 1 saturated heterocycles. The maximum absolute atomic E-state index is 12.7. The van der Waals surface area contributed by atoms with Crippen LogP contribution in [0.4, 0.5) is 0 Å². The van der Waals surface area contributed by atoms with Crippen molar-refractivity contribution in [2.45, 2.75) is 32.7 Å². The molecule has 1 aliphatic heterocycles. The molecule has 1 atom stereocenters. The summed E-state index contributed by atoms with van der Waals surface area (Å²) >= 11 is 6.35. The van der Waals surface area contributed by atoms with Crippen LogP contribution in [0.3, 0.4) is 0 Å². The predicted molar refractivity (Wildman–Crippen MR) is 106 cm³/mol. The van der Waals surface area contributed by atoms with E-state index >= 15 is 0 Å². The molecule has 2 rings (SSSR count). The van der Waals surface area contributed by atoms with Gasteiger partial charge in [0.1, 0.15) is 10.4 Å². The molecule has 1 aromatic carbocycles. The van der Waals surface area contributed by atoms with Gasteiger partial charge in [-0.3, -0.25) is 9.69 Å². The van der Waals surface area contributed by atoms with Gasteiger partial charge in [0.25, 0.3) is 5.91 Å². The zero-order valence-electron chi connectivity index (χ0n) is 14.9. The van der Waals surface area contributed by atoms with Crippen molar-refractivity contribution < 1.29 is 24.2 Å². The normalized spacial score (nSPS) is 16.9. The van der Waals surface area contributed by atoms with Crippen molar-refractivity contribution in [3.05, 3.63) is 28.7 Å². The van der Waals surface area contributed by atoms with Crippen LogP contribution in [0.15, 0.2) is 23.1 Å². The Hall–Kier alpha value is -2.06. The second kappa shape index (κ2) is 9.05. The number of amides is 1. The molecule has 0 spiro atoms. The molecular weight excluding hydrogens is 374 g/mol. The fourth-order valence-electron chi connectivity index (χ4n) is 2.59. The van der Waals surface area contributed by atoms with E-state index in [1.807, 2.05) is 13.8 Å². The zero-order chi connectivity index (χ0) is 19.3. The van der Waals surface area contributed by atoms with Gasteiger partial charge in [0.2, 0.25) is 0 Å². The number of carbonyl (C=O) groups is 2. The molecule has 1 fully saturated rings. The van der Waals surface area contributed by atoms with Crippen molar-refractivity contribution >= 4 is 46.3 Å². The average Bonchev–Trinajstić information content (AvgIpc) is 2.87. The molecule has 0 saturated carbocycles. The molecule has 1 heterocycles. The highest BCUT2D eigenvalue weighted by atomic mass is 32.2. The summed E-state index contributed by atoms with van der Waals surface area (Å²) in [5.41, 5.74) is 0.744. The van der Waals surface area contributed by atoms with Gasteiger partial charge in [0.15, 0.2) is 11.5 Å². The molecule has 6 nitrogen and oxygen atoms in total. The van der Waals surface area contributed by atoms with E-state index in [4.69, 9.17) is 21.7 Å². The van der Waals surface area contributed by atoms with E-state index in [0.717, 1.165) is 17.3 Å². The Bertz CT molecular complexity index is 747.